The van der Waals surface area contributed by atoms with Gasteiger partial charge in [0.1, 0.15) is 0 Å². The van der Waals surface area contributed by atoms with Gasteiger partial charge in [-0.25, -0.2) is 5.06 Å². The molecule has 0 aliphatic heterocycles. The molecule has 0 aromatic heterocycles. The van der Waals surface area contributed by atoms with Gasteiger partial charge in [-0.15, -0.1) is 0 Å². The zero-order chi connectivity index (χ0) is 17.2. The van der Waals surface area contributed by atoms with Crippen molar-refractivity contribution in [3.63, 3.8) is 0 Å². The third kappa shape index (κ3) is 4.91. The Morgan fingerprint density at radius 3 is 2.48 bits per heavy atom. The highest BCUT2D eigenvalue weighted by Crippen LogP contribution is 2.20. The molecule has 0 radical (unpaired) electrons. The van der Waals surface area contributed by atoms with E-state index in [0.717, 1.165) is 34.6 Å². The number of aldehydes is 1. The number of aliphatic hydroxyl groups is 2. The van der Waals surface area contributed by atoms with Crippen molar-refractivity contribution in [1.82, 2.24) is 5.06 Å². The summed E-state index contributed by atoms with van der Waals surface area (Å²) >= 11 is 0. The Kier molecular flexibility index (Phi) is 7.45. The number of allylic oxidation sites excluding steroid dienone is 1. The van der Waals surface area contributed by atoms with E-state index >= 15 is 0 Å². The number of aliphatic hydroxyl groups excluding tert-OH is 2. The van der Waals surface area contributed by atoms with Crippen molar-refractivity contribution in [2.45, 2.75) is 6.54 Å². The maximum atomic E-state index is 11.9. The van der Waals surface area contributed by atoms with Crippen LogP contribution in [0.1, 0.15) is 5.56 Å². The predicted octanol–water partition coefficient (Wildman–Crippen LogP) is 1.98. The molecule has 0 bridgehead atoms. The molecule has 2 N–H and O–H groups in total. The first-order valence-corrected chi connectivity index (χ1v) is 6.78. The highest BCUT2D eigenvalue weighted by Gasteiger charge is 2.13. The van der Waals surface area contributed by atoms with E-state index in [1.165, 1.54) is 7.11 Å². The first-order valence-electron chi connectivity index (χ1n) is 6.78. The molecule has 23 heavy (non-hydrogen) atoms. The van der Waals surface area contributed by atoms with E-state index in [4.69, 9.17) is 15.1 Å². The van der Waals surface area contributed by atoms with Crippen molar-refractivity contribution in [3.8, 4) is 0 Å². The van der Waals surface area contributed by atoms with Gasteiger partial charge in [0.05, 0.1) is 19.7 Å². The number of hydroxylamine groups is 2. The second-order valence-electron chi connectivity index (χ2n) is 4.38. The monoisotopic (exact) mass is 317 g/mol. The number of amides is 1. The van der Waals surface area contributed by atoms with E-state index < -0.39 is 11.7 Å². The van der Waals surface area contributed by atoms with Crippen LogP contribution >= 0.6 is 0 Å². The smallest absolute Gasteiger partial charge is 0.274 e. The van der Waals surface area contributed by atoms with Crippen molar-refractivity contribution >= 4 is 23.0 Å². The Morgan fingerprint density at radius 1 is 1.17 bits per heavy atom. The molecule has 0 spiro atoms. The van der Waals surface area contributed by atoms with E-state index in [1.807, 2.05) is 42.5 Å². The van der Waals surface area contributed by atoms with E-state index in [2.05, 4.69) is 0 Å². The lowest BCUT2D eigenvalue weighted by Crippen LogP contribution is -2.28. The molecule has 0 aliphatic carbocycles. The van der Waals surface area contributed by atoms with Crippen molar-refractivity contribution in [2.75, 3.05) is 14.2 Å². The Labute approximate surface area is 134 Å². The van der Waals surface area contributed by atoms with Gasteiger partial charge in [-0.2, -0.15) is 0 Å². The molecule has 2 aromatic carbocycles. The van der Waals surface area contributed by atoms with Gasteiger partial charge < -0.3 is 10.2 Å². The first-order chi connectivity index (χ1) is 11.2. The highest BCUT2D eigenvalue weighted by molar-refractivity contribution is 5.92. The van der Waals surface area contributed by atoms with Crippen LogP contribution < -0.4 is 0 Å². The minimum absolute atomic E-state index is 0.198. The quantitative estimate of drug-likeness (QED) is 0.381. The summed E-state index contributed by atoms with van der Waals surface area (Å²) in [6.45, 7) is 0.208. The molecule has 6 heteroatoms. The largest absolute Gasteiger partial charge is 0.504 e. The number of hydrogen-bond acceptors (Lipinski definition) is 5. The fourth-order valence-electron chi connectivity index (χ4n) is 2.05. The standard InChI is InChI=1S/C16H15NO4.CH4O/c1-21-17(16(20)9-14(19)11-18)10-13-7-4-6-12-5-2-3-8-15(12)13;1-2/h2-9,11,19H,10H2,1H3;2H,1H3/b14-9-;. The van der Waals surface area contributed by atoms with Gasteiger partial charge in [-0.3, -0.25) is 14.4 Å². The molecule has 0 fully saturated rings. The molecule has 0 saturated carbocycles. The number of hydrogen-bond donors (Lipinski definition) is 2. The molecule has 0 saturated heterocycles. The summed E-state index contributed by atoms with van der Waals surface area (Å²) in [6, 6.07) is 13.6. The Balaban J connectivity index is 0.00000127. The Bertz CT molecular complexity index is 691. The average Bonchev–Trinajstić information content (AvgIpc) is 2.61. The first kappa shape index (κ1) is 18.3. The minimum Gasteiger partial charge on any atom is -0.504 e. The summed E-state index contributed by atoms with van der Waals surface area (Å²) in [6.07, 6.45) is 1.02. The summed E-state index contributed by atoms with van der Waals surface area (Å²) in [7, 11) is 2.36. The number of carbonyl (C=O) groups excluding carboxylic acids is 2. The maximum absolute atomic E-state index is 11.9. The van der Waals surface area contributed by atoms with Crippen molar-refractivity contribution < 1.29 is 24.6 Å². The number of carbonyl (C=O) groups is 2. The average molecular weight is 317 g/mol. The molecule has 0 unspecified atom stereocenters. The van der Waals surface area contributed by atoms with Gasteiger partial charge >= 0.3 is 0 Å². The summed E-state index contributed by atoms with van der Waals surface area (Å²) in [5.41, 5.74) is 0.905. The van der Waals surface area contributed by atoms with Crippen LogP contribution in [-0.4, -0.2) is 41.7 Å². The lowest BCUT2D eigenvalue weighted by atomic mass is 10.0. The molecule has 6 nitrogen and oxygen atoms in total. The van der Waals surface area contributed by atoms with Crippen molar-refractivity contribution in [1.29, 1.82) is 0 Å². The molecule has 1 amide bonds. The molecule has 0 atom stereocenters. The van der Waals surface area contributed by atoms with Crippen molar-refractivity contribution in [2.24, 2.45) is 0 Å². The molecule has 2 rings (SSSR count). The third-order valence-corrected chi connectivity index (χ3v) is 3.05. The Morgan fingerprint density at radius 2 is 1.83 bits per heavy atom. The Hall–Kier alpha value is -2.70. The zero-order valence-electron chi connectivity index (χ0n) is 13.0. The van der Waals surface area contributed by atoms with Gasteiger partial charge in [0, 0.05) is 7.11 Å². The normalized spacial score (nSPS) is 10.7. The van der Waals surface area contributed by atoms with Crippen LogP contribution in [0, 0.1) is 0 Å². The van der Waals surface area contributed by atoms with E-state index in [-0.39, 0.29) is 12.8 Å². The van der Waals surface area contributed by atoms with Gasteiger partial charge in [0.25, 0.3) is 5.91 Å². The summed E-state index contributed by atoms with van der Waals surface area (Å²) in [4.78, 5) is 27.3. The lowest BCUT2D eigenvalue weighted by Gasteiger charge is -2.19. The van der Waals surface area contributed by atoms with E-state index in [9.17, 15) is 9.59 Å². The number of fused-ring (bicyclic) bond motifs is 1. The topological polar surface area (TPSA) is 87.1 Å². The van der Waals surface area contributed by atoms with Gasteiger partial charge in [-0.1, -0.05) is 42.5 Å². The van der Waals surface area contributed by atoms with Crippen LogP contribution in [0.4, 0.5) is 0 Å². The molecule has 122 valence electrons. The molecule has 0 heterocycles. The number of benzene rings is 2. The molecular formula is C17H19NO5. The second kappa shape index (κ2) is 9.34. The van der Waals surface area contributed by atoms with Crippen LogP contribution in [0.15, 0.2) is 54.3 Å². The second-order valence-corrected chi connectivity index (χ2v) is 4.38. The zero-order valence-corrected chi connectivity index (χ0v) is 13.0. The predicted molar refractivity (Wildman–Crippen MR) is 86.4 cm³/mol. The molecule has 2 aromatic rings. The lowest BCUT2D eigenvalue weighted by molar-refractivity contribution is -0.173. The highest BCUT2D eigenvalue weighted by atomic mass is 16.7. The van der Waals surface area contributed by atoms with Gasteiger partial charge in [-0.05, 0) is 16.3 Å². The SMILES string of the molecule is CO.CON(Cc1cccc2ccccc12)C(=O)/C=C(\O)C=O. The molecule has 0 aliphatic rings. The van der Waals surface area contributed by atoms with Gasteiger partial charge in [0.2, 0.25) is 0 Å². The van der Waals surface area contributed by atoms with Crippen LogP contribution in [0.2, 0.25) is 0 Å². The van der Waals surface area contributed by atoms with Crippen LogP contribution in [0.3, 0.4) is 0 Å². The summed E-state index contributed by atoms with van der Waals surface area (Å²) in [5, 5.41) is 19.2. The fraction of sp³-hybridized carbons (Fsp3) is 0.176. The minimum atomic E-state index is -0.639. The van der Waals surface area contributed by atoms with Crippen LogP contribution in [0.5, 0.6) is 0 Å². The number of nitrogens with zero attached hydrogens (tertiary/aromatic N) is 1. The van der Waals surface area contributed by atoms with Crippen LogP contribution in [0.25, 0.3) is 10.8 Å². The van der Waals surface area contributed by atoms with E-state index in [0.29, 0.717) is 0 Å². The maximum Gasteiger partial charge on any atom is 0.274 e. The van der Waals surface area contributed by atoms with Gasteiger partial charge in [0.15, 0.2) is 12.0 Å². The molecular weight excluding hydrogens is 298 g/mol. The summed E-state index contributed by atoms with van der Waals surface area (Å²) < 4.78 is 0. The van der Waals surface area contributed by atoms with Crippen LogP contribution in [-0.2, 0) is 21.0 Å². The van der Waals surface area contributed by atoms with E-state index in [1.54, 1.807) is 0 Å². The van der Waals surface area contributed by atoms with Crippen molar-refractivity contribution in [3.05, 3.63) is 59.9 Å². The number of rotatable bonds is 5. The third-order valence-electron chi connectivity index (χ3n) is 3.05. The fourth-order valence-corrected chi connectivity index (χ4v) is 2.05. The summed E-state index contributed by atoms with van der Waals surface area (Å²) in [5.74, 6) is -1.24.